The maximum absolute atomic E-state index is 5.72. The second-order valence-electron chi connectivity index (χ2n) is 6.68. The lowest BCUT2D eigenvalue weighted by atomic mass is 9.85. The fourth-order valence-electron chi connectivity index (χ4n) is 3.64. The number of likely N-dealkylation sites (tertiary alicyclic amines) is 1. The Morgan fingerprint density at radius 3 is 3.05 bits per heavy atom. The first kappa shape index (κ1) is 16.2. The molecule has 2 aliphatic rings. The van der Waals surface area contributed by atoms with E-state index in [1.54, 1.807) is 0 Å². The number of hydrogen-bond donors (Lipinski definition) is 1. The zero-order chi connectivity index (χ0) is 14.3. The summed E-state index contributed by atoms with van der Waals surface area (Å²) in [4.78, 5) is 2.65. The van der Waals surface area contributed by atoms with Crippen molar-refractivity contribution in [2.45, 2.75) is 32.6 Å². The molecule has 118 valence electrons. The zero-order valence-corrected chi connectivity index (χ0v) is 13.3. The molecule has 0 saturated carbocycles. The maximum Gasteiger partial charge on any atom is 0.0547 e. The molecule has 0 aliphatic carbocycles. The minimum atomic E-state index is 0.337. The Hall–Kier alpha value is -0.160. The van der Waals surface area contributed by atoms with Crippen LogP contribution >= 0.6 is 0 Å². The average molecular weight is 284 g/mol. The lowest BCUT2D eigenvalue weighted by molar-refractivity contribution is 0.0553. The molecule has 2 unspecified atom stereocenters. The van der Waals surface area contributed by atoms with E-state index in [0.717, 1.165) is 38.8 Å². The van der Waals surface area contributed by atoms with Gasteiger partial charge in [0.25, 0.3) is 0 Å². The van der Waals surface area contributed by atoms with Gasteiger partial charge in [0.05, 0.1) is 13.2 Å². The number of ether oxygens (including phenoxy) is 2. The van der Waals surface area contributed by atoms with Crippen molar-refractivity contribution in [1.82, 2.24) is 10.2 Å². The molecule has 2 heterocycles. The minimum absolute atomic E-state index is 0.337. The fraction of sp³-hybridized carbons (Fsp3) is 1.00. The molecule has 2 aliphatic heterocycles. The third-order valence-corrected chi connectivity index (χ3v) is 4.68. The highest BCUT2D eigenvalue weighted by Gasteiger charge is 2.37. The lowest BCUT2D eigenvalue weighted by Crippen LogP contribution is -2.48. The van der Waals surface area contributed by atoms with Crippen LogP contribution in [0.3, 0.4) is 0 Å². The van der Waals surface area contributed by atoms with Gasteiger partial charge in [-0.3, -0.25) is 0 Å². The van der Waals surface area contributed by atoms with Crippen LogP contribution in [0, 0.1) is 11.3 Å². The summed E-state index contributed by atoms with van der Waals surface area (Å²) < 4.78 is 11.1. The monoisotopic (exact) mass is 284 g/mol. The molecule has 0 spiro atoms. The van der Waals surface area contributed by atoms with Crippen molar-refractivity contribution in [2.75, 3.05) is 59.7 Å². The molecule has 0 bridgehead atoms. The van der Waals surface area contributed by atoms with Gasteiger partial charge in [-0.2, -0.15) is 0 Å². The van der Waals surface area contributed by atoms with Crippen LogP contribution in [0.25, 0.3) is 0 Å². The average Bonchev–Trinajstić information content (AvgIpc) is 2.89. The van der Waals surface area contributed by atoms with Crippen molar-refractivity contribution in [1.29, 1.82) is 0 Å². The van der Waals surface area contributed by atoms with Crippen LogP contribution in [0.2, 0.25) is 0 Å². The molecule has 0 amide bonds. The van der Waals surface area contributed by atoms with E-state index in [4.69, 9.17) is 9.47 Å². The van der Waals surface area contributed by atoms with E-state index >= 15 is 0 Å². The van der Waals surface area contributed by atoms with E-state index in [9.17, 15) is 0 Å². The SMILES string of the molecule is CCCNCC1(CN2CCCC(COC)C2)CCOC1. The van der Waals surface area contributed by atoms with Crippen LogP contribution in [0.1, 0.15) is 32.6 Å². The smallest absolute Gasteiger partial charge is 0.0547 e. The predicted octanol–water partition coefficient (Wildman–Crippen LogP) is 1.75. The van der Waals surface area contributed by atoms with Crippen molar-refractivity contribution in [3.05, 3.63) is 0 Å². The summed E-state index contributed by atoms with van der Waals surface area (Å²) in [6.45, 7) is 10.8. The van der Waals surface area contributed by atoms with Gasteiger partial charge in [0.1, 0.15) is 0 Å². The first-order valence-electron chi connectivity index (χ1n) is 8.28. The van der Waals surface area contributed by atoms with Gasteiger partial charge < -0.3 is 19.7 Å². The van der Waals surface area contributed by atoms with Gasteiger partial charge in [-0.05, 0) is 44.7 Å². The number of piperidine rings is 1. The van der Waals surface area contributed by atoms with Gasteiger partial charge in [0.2, 0.25) is 0 Å². The normalized spacial score (nSPS) is 31.8. The third kappa shape index (κ3) is 4.69. The third-order valence-electron chi connectivity index (χ3n) is 4.68. The van der Waals surface area contributed by atoms with Gasteiger partial charge in [0.15, 0.2) is 0 Å². The molecule has 0 aromatic carbocycles. The summed E-state index contributed by atoms with van der Waals surface area (Å²) in [6, 6.07) is 0. The Morgan fingerprint density at radius 1 is 1.45 bits per heavy atom. The van der Waals surface area contributed by atoms with Crippen LogP contribution in [0.5, 0.6) is 0 Å². The number of nitrogens with one attached hydrogen (secondary N) is 1. The van der Waals surface area contributed by atoms with E-state index in [1.165, 1.54) is 45.3 Å². The van der Waals surface area contributed by atoms with Crippen LogP contribution in [-0.4, -0.2) is 64.6 Å². The standard InChI is InChI=1S/C16H32N2O2/c1-3-7-17-12-16(6-9-20-14-16)13-18-8-4-5-15(10-18)11-19-2/h15,17H,3-14H2,1-2H3. The molecule has 0 aromatic heterocycles. The first-order chi connectivity index (χ1) is 9.78. The number of methoxy groups -OCH3 is 1. The number of hydrogen-bond acceptors (Lipinski definition) is 4. The molecule has 4 nitrogen and oxygen atoms in total. The molecular weight excluding hydrogens is 252 g/mol. The zero-order valence-electron chi connectivity index (χ0n) is 13.3. The van der Waals surface area contributed by atoms with Crippen molar-refractivity contribution < 1.29 is 9.47 Å². The summed E-state index contributed by atoms with van der Waals surface area (Å²) in [5.41, 5.74) is 0.337. The summed E-state index contributed by atoms with van der Waals surface area (Å²) >= 11 is 0. The van der Waals surface area contributed by atoms with Crippen LogP contribution < -0.4 is 5.32 Å². The Morgan fingerprint density at radius 2 is 2.35 bits per heavy atom. The molecule has 2 rings (SSSR count). The fourth-order valence-corrected chi connectivity index (χ4v) is 3.64. The highest BCUT2D eigenvalue weighted by Crippen LogP contribution is 2.31. The van der Waals surface area contributed by atoms with Crippen LogP contribution in [0.15, 0.2) is 0 Å². The lowest BCUT2D eigenvalue weighted by Gasteiger charge is -2.39. The second-order valence-corrected chi connectivity index (χ2v) is 6.68. The number of nitrogens with zero attached hydrogens (tertiary/aromatic N) is 1. The van der Waals surface area contributed by atoms with Gasteiger partial charge >= 0.3 is 0 Å². The summed E-state index contributed by atoms with van der Waals surface area (Å²) in [6.07, 6.45) is 5.04. The largest absolute Gasteiger partial charge is 0.384 e. The van der Waals surface area contributed by atoms with Crippen LogP contribution in [0.4, 0.5) is 0 Å². The maximum atomic E-state index is 5.72. The molecule has 2 atom stereocenters. The summed E-state index contributed by atoms with van der Waals surface area (Å²) in [5.74, 6) is 0.719. The molecule has 0 radical (unpaired) electrons. The Kier molecular flexibility index (Phi) is 6.75. The summed E-state index contributed by atoms with van der Waals surface area (Å²) in [7, 11) is 1.82. The van der Waals surface area contributed by atoms with Gasteiger partial charge in [-0.1, -0.05) is 6.92 Å². The number of rotatable bonds is 8. The first-order valence-corrected chi connectivity index (χ1v) is 8.28. The predicted molar refractivity (Wildman–Crippen MR) is 82.1 cm³/mol. The van der Waals surface area contributed by atoms with Crippen molar-refractivity contribution >= 4 is 0 Å². The molecule has 2 saturated heterocycles. The summed E-state index contributed by atoms with van der Waals surface area (Å²) in [5, 5.41) is 3.61. The minimum Gasteiger partial charge on any atom is -0.384 e. The van der Waals surface area contributed by atoms with E-state index in [-0.39, 0.29) is 0 Å². The van der Waals surface area contributed by atoms with Crippen molar-refractivity contribution in [2.24, 2.45) is 11.3 Å². The molecule has 20 heavy (non-hydrogen) atoms. The van der Waals surface area contributed by atoms with Gasteiger partial charge in [-0.15, -0.1) is 0 Å². The van der Waals surface area contributed by atoms with E-state index in [0.29, 0.717) is 5.41 Å². The van der Waals surface area contributed by atoms with Gasteiger partial charge in [-0.25, -0.2) is 0 Å². The van der Waals surface area contributed by atoms with Crippen molar-refractivity contribution in [3.8, 4) is 0 Å². The Labute approximate surface area is 124 Å². The molecule has 0 aromatic rings. The topological polar surface area (TPSA) is 33.7 Å². The highest BCUT2D eigenvalue weighted by molar-refractivity contribution is 4.90. The quantitative estimate of drug-likeness (QED) is 0.689. The Balaban J connectivity index is 1.83. The van der Waals surface area contributed by atoms with E-state index in [1.807, 2.05) is 7.11 Å². The van der Waals surface area contributed by atoms with E-state index in [2.05, 4.69) is 17.1 Å². The molecule has 2 fully saturated rings. The Bertz CT molecular complexity index is 265. The highest BCUT2D eigenvalue weighted by atomic mass is 16.5. The van der Waals surface area contributed by atoms with Crippen molar-refractivity contribution in [3.63, 3.8) is 0 Å². The van der Waals surface area contributed by atoms with Gasteiger partial charge in [0, 0.05) is 38.8 Å². The molecule has 1 N–H and O–H groups in total. The molecule has 4 heteroatoms. The second kappa shape index (κ2) is 8.32. The molecular formula is C16H32N2O2. The van der Waals surface area contributed by atoms with E-state index < -0.39 is 0 Å². The van der Waals surface area contributed by atoms with Crippen LogP contribution in [-0.2, 0) is 9.47 Å².